The van der Waals surface area contributed by atoms with E-state index in [1.807, 2.05) is 0 Å². The lowest BCUT2D eigenvalue weighted by molar-refractivity contribution is -0.128. The molecule has 2 rings (SSSR count). The van der Waals surface area contributed by atoms with Gasteiger partial charge >= 0.3 is 0 Å². The van der Waals surface area contributed by atoms with Gasteiger partial charge in [-0.1, -0.05) is 13.8 Å². The Morgan fingerprint density at radius 1 is 1.26 bits per heavy atom. The molecule has 0 spiro atoms. The van der Waals surface area contributed by atoms with Gasteiger partial charge < -0.3 is 15.8 Å². The van der Waals surface area contributed by atoms with E-state index < -0.39 is 0 Å². The van der Waals surface area contributed by atoms with Crippen molar-refractivity contribution < 1.29 is 9.53 Å². The highest BCUT2D eigenvalue weighted by molar-refractivity contribution is 5.79. The first-order chi connectivity index (χ1) is 8.99. The Labute approximate surface area is 116 Å². The lowest BCUT2D eigenvalue weighted by Crippen LogP contribution is -2.46. The maximum absolute atomic E-state index is 12.3. The summed E-state index contributed by atoms with van der Waals surface area (Å²) >= 11 is 0. The first-order valence-electron chi connectivity index (χ1n) is 7.64. The van der Waals surface area contributed by atoms with Gasteiger partial charge in [0.15, 0.2) is 0 Å². The minimum absolute atomic E-state index is 0.0869. The number of hydrogen-bond donors (Lipinski definition) is 2. The van der Waals surface area contributed by atoms with Crippen LogP contribution >= 0.6 is 0 Å². The van der Waals surface area contributed by atoms with Gasteiger partial charge in [0.25, 0.3) is 0 Å². The van der Waals surface area contributed by atoms with Gasteiger partial charge in [0.1, 0.15) is 0 Å². The number of ether oxygens (including phenoxy) is 1. The predicted octanol–water partition coefficient (Wildman–Crippen LogP) is 1.54. The number of amides is 1. The molecule has 1 aliphatic heterocycles. The van der Waals surface area contributed by atoms with Gasteiger partial charge in [-0.05, 0) is 38.0 Å². The largest absolute Gasteiger partial charge is 0.378 e. The van der Waals surface area contributed by atoms with Gasteiger partial charge in [0.05, 0.1) is 6.10 Å². The molecule has 0 aromatic carbocycles. The van der Waals surface area contributed by atoms with Gasteiger partial charge in [-0.25, -0.2) is 0 Å². The Balaban J connectivity index is 1.82. The molecule has 4 heteroatoms. The van der Waals surface area contributed by atoms with E-state index in [9.17, 15) is 4.79 Å². The SMILES string of the molecule is CC1CC(C)C(C(=O)NCC2CCOC2C)CC1N. The zero-order valence-electron chi connectivity index (χ0n) is 12.4. The van der Waals surface area contributed by atoms with Gasteiger partial charge in [0, 0.05) is 31.0 Å². The monoisotopic (exact) mass is 268 g/mol. The molecule has 1 saturated carbocycles. The first kappa shape index (κ1) is 14.8. The van der Waals surface area contributed by atoms with Crippen molar-refractivity contribution in [2.24, 2.45) is 29.4 Å². The van der Waals surface area contributed by atoms with Crippen molar-refractivity contribution in [2.75, 3.05) is 13.2 Å². The molecule has 2 fully saturated rings. The smallest absolute Gasteiger partial charge is 0.223 e. The fraction of sp³-hybridized carbons (Fsp3) is 0.933. The summed E-state index contributed by atoms with van der Waals surface area (Å²) in [5.74, 6) is 1.71. The summed E-state index contributed by atoms with van der Waals surface area (Å²) in [6.07, 6.45) is 3.21. The van der Waals surface area contributed by atoms with E-state index in [4.69, 9.17) is 10.5 Å². The fourth-order valence-electron chi connectivity index (χ4n) is 3.46. The summed E-state index contributed by atoms with van der Waals surface area (Å²) in [6.45, 7) is 8.02. The van der Waals surface area contributed by atoms with Crippen LogP contribution in [-0.4, -0.2) is 31.2 Å². The van der Waals surface area contributed by atoms with Crippen molar-refractivity contribution in [1.29, 1.82) is 0 Å². The van der Waals surface area contributed by atoms with Crippen molar-refractivity contribution >= 4 is 5.91 Å². The third-order valence-corrected chi connectivity index (χ3v) is 5.10. The van der Waals surface area contributed by atoms with Crippen LogP contribution in [0.2, 0.25) is 0 Å². The van der Waals surface area contributed by atoms with E-state index in [2.05, 4.69) is 26.1 Å². The van der Waals surface area contributed by atoms with Gasteiger partial charge in [-0.3, -0.25) is 4.79 Å². The molecule has 19 heavy (non-hydrogen) atoms. The van der Waals surface area contributed by atoms with Crippen molar-refractivity contribution in [2.45, 2.75) is 52.2 Å². The third kappa shape index (κ3) is 3.48. The Kier molecular flexibility index (Phi) is 4.85. The van der Waals surface area contributed by atoms with E-state index in [0.717, 1.165) is 32.4 Å². The van der Waals surface area contributed by atoms with Crippen molar-refractivity contribution in [3.05, 3.63) is 0 Å². The molecule has 1 amide bonds. The molecular formula is C15H28N2O2. The lowest BCUT2D eigenvalue weighted by atomic mass is 9.72. The van der Waals surface area contributed by atoms with E-state index in [0.29, 0.717) is 17.8 Å². The van der Waals surface area contributed by atoms with Crippen molar-refractivity contribution in [3.8, 4) is 0 Å². The summed E-state index contributed by atoms with van der Waals surface area (Å²) in [4.78, 5) is 12.3. The summed E-state index contributed by atoms with van der Waals surface area (Å²) < 4.78 is 5.52. The number of rotatable bonds is 3. The van der Waals surface area contributed by atoms with E-state index in [1.54, 1.807) is 0 Å². The van der Waals surface area contributed by atoms with Crippen LogP contribution in [0.4, 0.5) is 0 Å². The van der Waals surface area contributed by atoms with Crippen LogP contribution < -0.4 is 11.1 Å². The van der Waals surface area contributed by atoms with Gasteiger partial charge in [0.2, 0.25) is 5.91 Å². The average molecular weight is 268 g/mol. The van der Waals surface area contributed by atoms with E-state index >= 15 is 0 Å². The molecule has 0 aromatic rings. The average Bonchev–Trinajstić information content (AvgIpc) is 2.76. The zero-order valence-corrected chi connectivity index (χ0v) is 12.4. The van der Waals surface area contributed by atoms with Crippen LogP contribution in [-0.2, 0) is 9.53 Å². The highest BCUT2D eigenvalue weighted by Gasteiger charge is 2.35. The standard InChI is InChI=1S/C15H28N2O2/c1-9-6-10(2)14(16)7-13(9)15(18)17-8-12-4-5-19-11(12)3/h9-14H,4-8,16H2,1-3H3,(H,17,18). The summed E-state index contributed by atoms with van der Waals surface area (Å²) in [7, 11) is 0. The zero-order chi connectivity index (χ0) is 14.0. The fourth-order valence-corrected chi connectivity index (χ4v) is 3.46. The van der Waals surface area contributed by atoms with Crippen LogP contribution in [0.5, 0.6) is 0 Å². The molecule has 6 unspecified atom stereocenters. The Morgan fingerprint density at radius 2 is 2.00 bits per heavy atom. The highest BCUT2D eigenvalue weighted by Crippen LogP contribution is 2.33. The molecule has 1 heterocycles. The Hall–Kier alpha value is -0.610. The van der Waals surface area contributed by atoms with Crippen LogP contribution in [0, 0.1) is 23.7 Å². The molecule has 0 aromatic heterocycles. The third-order valence-electron chi connectivity index (χ3n) is 5.10. The molecule has 0 radical (unpaired) electrons. The Morgan fingerprint density at radius 3 is 2.63 bits per heavy atom. The molecular weight excluding hydrogens is 240 g/mol. The van der Waals surface area contributed by atoms with E-state index in [-0.39, 0.29) is 24.0 Å². The number of hydrogen-bond acceptors (Lipinski definition) is 3. The number of nitrogens with one attached hydrogen (secondary N) is 1. The normalized spacial score (nSPS) is 43.2. The van der Waals surface area contributed by atoms with Crippen LogP contribution in [0.1, 0.15) is 40.0 Å². The molecule has 4 nitrogen and oxygen atoms in total. The van der Waals surface area contributed by atoms with Crippen molar-refractivity contribution in [3.63, 3.8) is 0 Å². The maximum Gasteiger partial charge on any atom is 0.223 e. The summed E-state index contributed by atoms with van der Waals surface area (Å²) in [5, 5.41) is 3.12. The van der Waals surface area contributed by atoms with Crippen molar-refractivity contribution in [1.82, 2.24) is 5.32 Å². The lowest BCUT2D eigenvalue weighted by Gasteiger charge is -2.36. The second-order valence-electron chi connectivity index (χ2n) is 6.57. The Bertz CT molecular complexity index is 321. The van der Waals surface area contributed by atoms with Gasteiger partial charge in [-0.15, -0.1) is 0 Å². The predicted molar refractivity (Wildman–Crippen MR) is 75.6 cm³/mol. The van der Waals surface area contributed by atoms with Crippen LogP contribution in [0.25, 0.3) is 0 Å². The maximum atomic E-state index is 12.3. The molecule has 2 aliphatic rings. The molecule has 1 saturated heterocycles. The number of carbonyl (C=O) groups is 1. The molecule has 6 atom stereocenters. The molecule has 3 N–H and O–H groups in total. The van der Waals surface area contributed by atoms with Crippen LogP contribution in [0.3, 0.4) is 0 Å². The second kappa shape index (κ2) is 6.23. The minimum atomic E-state index is 0.0869. The van der Waals surface area contributed by atoms with Gasteiger partial charge in [-0.2, -0.15) is 0 Å². The van der Waals surface area contributed by atoms with Crippen LogP contribution in [0.15, 0.2) is 0 Å². The quantitative estimate of drug-likeness (QED) is 0.816. The topological polar surface area (TPSA) is 64.3 Å². The number of nitrogens with two attached hydrogens (primary N) is 1. The molecule has 110 valence electrons. The first-order valence-corrected chi connectivity index (χ1v) is 7.64. The summed E-state index contributed by atoms with van der Waals surface area (Å²) in [5.41, 5.74) is 6.11. The molecule has 0 bridgehead atoms. The minimum Gasteiger partial charge on any atom is -0.378 e. The molecule has 1 aliphatic carbocycles. The highest BCUT2D eigenvalue weighted by atomic mass is 16.5. The number of carbonyl (C=O) groups excluding carboxylic acids is 1. The second-order valence-corrected chi connectivity index (χ2v) is 6.57. The van der Waals surface area contributed by atoms with E-state index in [1.165, 1.54) is 0 Å². The summed E-state index contributed by atoms with van der Waals surface area (Å²) in [6, 6.07) is 0.167.